The third-order valence-electron chi connectivity index (χ3n) is 2.83. The highest BCUT2D eigenvalue weighted by atomic mass is 32.2. The fourth-order valence-corrected chi connectivity index (χ4v) is 3.00. The van der Waals surface area contributed by atoms with Crippen molar-refractivity contribution in [3.63, 3.8) is 0 Å². The Bertz CT molecular complexity index is 702. The molecule has 20 heavy (non-hydrogen) atoms. The fraction of sp³-hybridized carbons (Fsp3) is 0.143. The van der Waals surface area contributed by atoms with Crippen molar-refractivity contribution in [2.75, 3.05) is 0 Å². The van der Waals surface area contributed by atoms with Crippen molar-refractivity contribution in [2.24, 2.45) is 0 Å². The SMILES string of the molecule is C[C@@H](NS(=O)(=O)c1ccc(F)c(F)c1)c1ccccc1. The Hall–Kier alpha value is -1.79. The van der Waals surface area contributed by atoms with Gasteiger partial charge in [-0.15, -0.1) is 0 Å². The van der Waals surface area contributed by atoms with E-state index in [0.29, 0.717) is 6.07 Å². The lowest BCUT2D eigenvalue weighted by Crippen LogP contribution is -2.27. The van der Waals surface area contributed by atoms with Crippen LogP contribution in [-0.4, -0.2) is 8.42 Å². The third kappa shape index (κ3) is 3.20. The second-order valence-electron chi connectivity index (χ2n) is 4.33. The average molecular weight is 297 g/mol. The summed E-state index contributed by atoms with van der Waals surface area (Å²) in [5, 5.41) is 0. The molecule has 0 heterocycles. The van der Waals surface area contributed by atoms with Gasteiger partial charge in [0, 0.05) is 6.04 Å². The molecule has 0 aliphatic heterocycles. The number of benzene rings is 2. The second kappa shape index (κ2) is 5.68. The van der Waals surface area contributed by atoms with Crippen LogP contribution in [0.15, 0.2) is 53.4 Å². The highest BCUT2D eigenvalue weighted by Crippen LogP contribution is 2.18. The van der Waals surface area contributed by atoms with Gasteiger partial charge in [0.25, 0.3) is 0 Å². The van der Waals surface area contributed by atoms with E-state index in [2.05, 4.69) is 4.72 Å². The maximum absolute atomic E-state index is 13.1. The molecular weight excluding hydrogens is 284 g/mol. The summed E-state index contributed by atoms with van der Waals surface area (Å²) in [6.07, 6.45) is 0. The number of halogens is 2. The number of hydrogen-bond acceptors (Lipinski definition) is 2. The van der Waals surface area contributed by atoms with Crippen LogP contribution in [0.3, 0.4) is 0 Å². The van der Waals surface area contributed by atoms with Gasteiger partial charge in [0.05, 0.1) is 4.90 Å². The molecule has 0 saturated heterocycles. The van der Waals surface area contributed by atoms with E-state index in [4.69, 9.17) is 0 Å². The summed E-state index contributed by atoms with van der Waals surface area (Å²) in [6, 6.07) is 11.0. The number of nitrogens with one attached hydrogen (secondary N) is 1. The lowest BCUT2D eigenvalue weighted by atomic mass is 10.1. The van der Waals surface area contributed by atoms with E-state index in [1.54, 1.807) is 31.2 Å². The van der Waals surface area contributed by atoms with Gasteiger partial charge in [0.2, 0.25) is 10.0 Å². The van der Waals surface area contributed by atoms with E-state index >= 15 is 0 Å². The van der Waals surface area contributed by atoms with Crippen molar-refractivity contribution in [3.05, 3.63) is 65.7 Å². The van der Waals surface area contributed by atoms with Crippen LogP contribution in [0, 0.1) is 11.6 Å². The van der Waals surface area contributed by atoms with Crippen molar-refractivity contribution < 1.29 is 17.2 Å². The molecule has 106 valence electrons. The molecule has 0 saturated carbocycles. The largest absolute Gasteiger partial charge is 0.241 e. The summed E-state index contributed by atoms with van der Waals surface area (Å²) < 4.78 is 52.5. The molecule has 3 nitrogen and oxygen atoms in total. The topological polar surface area (TPSA) is 46.2 Å². The quantitative estimate of drug-likeness (QED) is 0.943. The molecule has 6 heteroatoms. The van der Waals surface area contributed by atoms with Crippen LogP contribution >= 0.6 is 0 Å². The second-order valence-corrected chi connectivity index (χ2v) is 6.04. The van der Waals surface area contributed by atoms with Crippen LogP contribution < -0.4 is 4.72 Å². The monoisotopic (exact) mass is 297 g/mol. The van der Waals surface area contributed by atoms with Crippen LogP contribution in [0.4, 0.5) is 8.78 Å². The number of sulfonamides is 1. The van der Waals surface area contributed by atoms with Gasteiger partial charge in [0.1, 0.15) is 0 Å². The van der Waals surface area contributed by atoms with Gasteiger partial charge >= 0.3 is 0 Å². The van der Waals surface area contributed by atoms with E-state index in [-0.39, 0.29) is 4.90 Å². The predicted molar refractivity (Wildman–Crippen MR) is 71.5 cm³/mol. The highest BCUT2D eigenvalue weighted by Gasteiger charge is 2.19. The zero-order valence-electron chi connectivity index (χ0n) is 10.7. The lowest BCUT2D eigenvalue weighted by molar-refractivity contribution is 0.503. The van der Waals surface area contributed by atoms with Crippen LogP contribution in [-0.2, 0) is 10.0 Å². The summed E-state index contributed by atoms with van der Waals surface area (Å²) in [6.45, 7) is 1.67. The summed E-state index contributed by atoms with van der Waals surface area (Å²) >= 11 is 0. The molecule has 1 N–H and O–H groups in total. The summed E-state index contributed by atoms with van der Waals surface area (Å²) in [5.74, 6) is -2.28. The van der Waals surface area contributed by atoms with Gasteiger partial charge in [0.15, 0.2) is 11.6 Å². The molecule has 0 aliphatic rings. The Morgan fingerprint density at radius 1 is 1.00 bits per heavy atom. The van der Waals surface area contributed by atoms with Crippen LogP contribution in [0.2, 0.25) is 0 Å². The van der Waals surface area contributed by atoms with Crippen molar-refractivity contribution in [3.8, 4) is 0 Å². The Morgan fingerprint density at radius 3 is 2.25 bits per heavy atom. The van der Waals surface area contributed by atoms with Gasteiger partial charge in [-0.2, -0.15) is 0 Å². The van der Waals surface area contributed by atoms with Crippen molar-refractivity contribution in [1.29, 1.82) is 0 Å². The Kier molecular flexibility index (Phi) is 4.15. The normalized spacial score (nSPS) is 13.2. The van der Waals surface area contributed by atoms with Crippen molar-refractivity contribution >= 4 is 10.0 Å². The molecule has 0 aliphatic carbocycles. The zero-order valence-corrected chi connectivity index (χ0v) is 11.5. The van der Waals surface area contributed by atoms with Crippen LogP contribution in [0.1, 0.15) is 18.5 Å². The number of hydrogen-bond donors (Lipinski definition) is 1. The standard InChI is InChI=1S/C14H13F2NO2S/c1-10(11-5-3-2-4-6-11)17-20(18,19)12-7-8-13(15)14(16)9-12/h2-10,17H,1H3/t10-/m1/s1. The molecule has 0 spiro atoms. The van der Waals surface area contributed by atoms with Gasteiger partial charge in [-0.25, -0.2) is 21.9 Å². The zero-order chi connectivity index (χ0) is 14.8. The Labute approximate surface area is 116 Å². The molecule has 0 aromatic heterocycles. The smallest absolute Gasteiger partial charge is 0.207 e. The first-order valence-electron chi connectivity index (χ1n) is 5.92. The van der Waals surface area contributed by atoms with Gasteiger partial charge < -0.3 is 0 Å². The maximum atomic E-state index is 13.1. The van der Waals surface area contributed by atoms with Crippen molar-refractivity contribution in [1.82, 2.24) is 4.72 Å². The minimum Gasteiger partial charge on any atom is -0.207 e. The molecule has 2 aromatic rings. The molecule has 2 rings (SSSR count). The molecular formula is C14H13F2NO2S. The molecule has 0 unspecified atom stereocenters. The molecule has 0 bridgehead atoms. The molecule has 0 amide bonds. The molecule has 0 fully saturated rings. The van der Waals surface area contributed by atoms with E-state index in [9.17, 15) is 17.2 Å². The van der Waals surface area contributed by atoms with E-state index in [1.165, 1.54) is 0 Å². The van der Waals surface area contributed by atoms with Crippen molar-refractivity contribution in [2.45, 2.75) is 17.9 Å². The van der Waals surface area contributed by atoms with E-state index in [1.807, 2.05) is 6.07 Å². The van der Waals surface area contributed by atoms with E-state index in [0.717, 1.165) is 17.7 Å². The molecule has 0 radical (unpaired) electrons. The highest BCUT2D eigenvalue weighted by molar-refractivity contribution is 7.89. The molecule has 2 aromatic carbocycles. The third-order valence-corrected chi connectivity index (χ3v) is 4.37. The fourth-order valence-electron chi connectivity index (χ4n) is 1.75. The van der Waals surface area contributed by atoms with Gasteiger partial charge in [-0.05, 0) is 30.7 Å². The Morgan fingerprint density at radius 2 is 1.65 bits per heavy atom. The van der Waals surface area contributed by atoms with Gasteiger partial charge in [-0.1, -0.05) is 30.3 Å². The summed E-state index contributed by atoms with van der Waals surface area (Å²) in [5.41, 5.74) is 0.777. The minimum absolute atomic E-state index is 0.306. The predicted octanol–water partition coefficient (Wildman–Crippen LogP) is 3.00. The lowest BCUT2D eigenvalue weighted by Gasteiger charge is -2.14. The average Bonchev–Trinajstić information content (AvgIpc) is 2.42. The first-order valence-corrected chi connectivity index (χ1v) is 7.41. The Balaban J connectivity index is 2.25. The first-order chi connectivity index (χ1) is 9.40. The van der Waals surface area contributed by atoms with Gasteiger partial charge in [-0.3, -0.25) is 0 Å². The summed E-state index contributed by atoms with van der Waals surface area (Å²) in [7, 11) is -3.90. The molecule has 1 atom stereocenters. The maximum Gasteiger partial charge on any atom is 0.241 e. The van der Waals surface area contributed by atoms with E-state index < -0.39 is 27.7 Å². The van der Waals surface area contributed by atoms with Crippen LogP contribution in [0.25, 0.3) is 0 Å². The minimum atomic E-state index is -3.90. The van der Waals surface area contributed by atoms with Crippen LogP contribution in [0.5, 0.6) is 0 Å². The summed E-state index contributed by atoms with van der Waals surface area (Å²) in [4.78, 5) is -0.306. The first kappa shape index (κ1) is 14.6. The number of rotatable bonds is 4.